The summed E-state index contributed by atoms with van der Waals surface area (Å²) in [6, 6.07) is 0. The van der Waals surface area contributed by atoms with Gasteiger partial charge in [-0.3, -0.25) is 10.1 Å². The van der Waals surface area contributed by atoms with Gasteiger partial charge >= 0.3 is 5.97 Å². The molecule has 0 fully saturated rings. The summed E-state index contributed by atoms with van der Waals surface area (Å²) < 4.78 is 5.12. The van der Waals surface area contributed by atoms with E-state index in [2.05, 4.69) is 11.5 Å². The second-order valence-electron chi connectivity index (χ2n) is 4.41. The molecule has 0 heterocycles. The van der Waals surface area contributed by atoms with E-state index >= 15 is 0 Å². The second-order valence-corrected chi connectivity index (χ2v) is 4.41. The molecule has 0 aromatic heterocycles. The molecule has 0 unspecified atom stereocenters. The molecule has 4 nitrogen and oxygen atoms in total. The number of carbonyl (C=O) groups excluding carboxylic acids is 1. The molecule has 0 radical (unpaired) electrons. The third-order valence-electron chi connectivity index (χ3n) is 2.09. The average molecular weight is 228 g/mol. The lowest BCUT2D eigenvalue weighted by Crippen LogP contribution is -2.28. The van der Waals surface area contributed by atoms with Crippen LogP contribution in [0.5, 0.6) is 0 Å². The first kappa shape index (κ1) is 14.9. The Balaban J connectivity index is 4.45. The quantitative estimate of drug-likeness (QED) is 0.329. The van der Waals surface area contributed by atoms with Crippen LogP contribution >= 0.6 is 0 Å². The van der Waals surface area contributed by atoms with Crippen molar-refractivity contribution in [2.45, 2.75) is 45.3 Å². The van der Waals surface area contributed by atoms with Crippen LogP contribution in [0.15, 0.2) is 24.8 Å². The molecule has 0 aliphatic rings. The molecule has 0 aromatic rings. The van der Waals surface area contributed by atoms with Crippen molar-refractivity contribution in [3.63, 3.8) is 0 Å². The third-order valence-corrected chi connectivity index (χ3v) is 2.09. The van der Waals surface area contributed by atoms with Crippen LogP contribution in [0.3, 0.4) is 0 Å². The first-order valence-electron chi connectivity index (χ1n) is 5.08. The van der Waals surface area contributed by atoms with Gasteiger partial charge in [-0.1, -0.05) is 18.7 Å². The molecular formula is C12H20O4. The fraction of sp³-hybridized carbons (Fsp3) is 0.583. The molecule has 0 rings (SSSR count). The maximum atomic E-state index is 10.9. The zero-order valence-electron chi connectivity index (χ0n) is 10.3. The minimum atomic E-state index is -0.752. The second kappa shape index (κ2) is 5.82. The average Bonchev–Trinajstić information content (AvgIpc) is 2.16. The van der Waals surface area contributed by atoms with Gasteiger partial charge in [0, 0.05) is 13.3 Å². The van der Waals surface area contributed by atoms with Gasteiger partial charge in [-0.2, -0.15) is 0 Å². The Bertz CT molecular complexity index is 281. The first-order valence-corrected chi connectivity index (χ1v) is 5.08. The minimum Gasteiger partial charge on any atom is -0.455 e. The highest BCUT2D eigenvalue weighted by atomic mass is 17.1. The largest absolute Gasteiger partial charge is 0.455 e. The molecule has 0 saturated heterocycles. The van der Waals surface area contributed by atoms with Crippen LogP contribution in [-0.2, 0) is 14.4 Å². The van der Waals surface area contributed by atoms with Crippen molar-refractivity contribution in [2.75, 3.05) is 0 Å². The van der Waals surface area contributed by atoms with Crippen molar-refractivity contribution in [1.82, 2.24) is 0 Å². The number of carbonyl (C=O) groups is 1. The fourth-order valence-corrected chi connectivity index (χ4v) is 1.10. The molecule has 1 N–H and O–H groups in total. The van der Waals surface area contributed by atoms with Crippen LogP contribution in [0.1, 0.15) is 34.1 Å². The van der Waals surface area contributed by atoms with E-state index in [9.17, 15) is 4.79 Å². The molecule has 0 aliphatic carbocycles. The topological polar surface area (TPSA) is 55.8 Å². The summed E-state index contributed by atoms with van der Waals surface area (Å²) in [7, 11) is 0. The van der Waals surface area contributed by atoms with E-state index in [0.717, 1.165) is 0 Å². The van der Waals surface area contributed by atoms with E-state index in [4.69, 9.17) is 9.99 Å². The summed E-state index contributed by atoms with van der Waals surface area (Å²) >= 11 is 0. The van der Waals surface area contributed by atoms with E-state index in [1.54, 1.807) is 39.0 Å². The monoisotopic (exact) mass is 228 g/mol. The molecule has 0 spiro atoms. The first-order chi connectivity index (χ1) is 7.24. The number of ether oxygens (including phenoxy) is 1. The number of rotatable bonds is 6. The Morgan fingerprint density at radius 3 is 2.38 bits per heavy atom. The molecule has 16 heavy (non-hydrogen) atoms. The molecule has 4 heteroatoms. The van der Waals surface area contributed by atoms with Gasteiger partial charge in [0.05, 0.1) is 0 Å². The van der Waals surface area contributed by atoms with Crippen molar-refractivity contribution in [3.05, 3.63) is 24.8 Å². The highest BCUT2D eigenvalue weighted by Gasteiger charge is 2.22. The zero-order chi connectivity index (χ0) is 12.8. The Morgan fingerprint density at radius 2 is 2.00 bits per heavy atom. The van der Waals surface area contributed by atoms with E-state index in [1.165, 1.54) is 6.92 Å². The predicted octanol–water partition coefficient (Wildman–Crippen LogP) is 2.71. The fourth-order valence-electron chi connectivity index (χ4n) is 1.10. The van der Waals surface area contributed by atoms with E-state index in [-0.39, 0.29) is 5.97 Å². The summed E-state index contributed by atoms with van der Waals surface area (Å²) in [5.41, 5.74) is -1.48. The molecule has 0 bridgehead atoms. The Kier molecular flexibility index (Phi) is 5.41. The maximum Gasteiger partial charge on any atom is 0.303 e. The lowest BCUT2D eigenvalue weighted by atomic mass is 10.00. The van der Waals surface area contributed by atoms with E-state index < -0.39 is 11.2 Å². The zero-order valence-corrected chi connectivity index (χ0v) is 10.3. The predicted molar refractivity (Wildman–Crippen MR) is 61.9 cm³/mol. The van der Waals surface area contributed by atoms with Gasteiger partial charge < -0.3 is 4.74 Å². The van der Waals surface area contributed by atoms with Crippen molar-refractivity contribution < 1.29 is 19.7 Å². The Hall–Kier alpha value is -1.13. The highest BCUT2D eigenvalue weighted by molar-refractivity contribution is 5.66. The molecular weight excluding hydrogens is 208 g/mol. The van der Waals surface area contributed by atoms with Gasteiger partial charge in [0.1, 0.15) is 11.2 Å². The number of esters is 1. The van der Waals surface area contributed by atoms with Crippen LogP contribution in [0.2, 0.25) is 0 Å². The highest BCUT2D eigenvalue weighted by Crippen LogP contribution is 2.19. The van der Waals surface area contributed by atoms with Crippen LogP contribution in [-0.4, -0.2) is 22.4 Å². The number of hydrogen-bond donors (Lipinski definition) is 1. The summed E-state index contributed by atoms with van der Waals surface area (Å²) in [6.45, 7) is 10.2. The van der Waals surface area contributed by atoms with Gasteiger partial charge in [0.15, 0.2) is 0 Å². The Labute approximate surface area is 96.5 Å². The van der Waals surface area contributed by atoms with Crippen molar-refractivity contribution in [1.29, 1.82) is 0 Å². The van der Waals surface area contributed by atoms with Gasteiger partial charge in [-0.15, -0.1) is 0 Å². The van der Waals surface area contributed by atoms with Crippen LogP contribution in [0, 0.1) is 0 Å². The van der Waals surface area contributed by atoms with Crippen molar-refractivity contribution in [2.24, 2.45) is 0 Å². The smallest absolute Gasteiger partial charge is 0.303 e. The molecule has 92 valence electrons. The Morgan fingerprint density at radius 1 is 1.44 bits per heavy atom. The van der Waals surface area contributed by atoms with Gasteiger partial charge in [-0.25, -0.2) is 4.89 Å². The van der Waals surface area contributed by atoms with E-state index in [0.29, 0.717) is 6.42 Å². The van der Waals surface area contributed by atoms with E-state index in [1.807, 2.05) is 0 Å². The van der Waals surface area contributed by atoms with Gasteiger partial charge in [0.25, 0.3) is 0 Å². The van der Waals surface area contributed by atoms with Gasteiger partial charge in [-0.05, 0) is 26.8 Å². The van der Waals surface area contributed by atoms with Crippen LogP contribution in [0.4, 0.5) is 0 Å². The summed E-state index contributed by atoms with van der Waals surface area (Å²) in [5, 5.41) is 8.57. The summed E-state index contributed by atoms with van der Waals surface area (Å²) in [6.07, 6.45) is 5.52. The molecule has 0 amide bonds. The summed E-state index contributed by atoms with van der Waals surface area (Å²) in [5.74, 6) is -0.353. The maximum absolute atomic E-state index is 10.9. The summed E-state index contributed by atoms with van der Waals surface area (Å²) in [4.78, 5) is 15.1. The molecule has 0 saturated carbocycles. The number of hydrogen-bond acceptors (Lipinski definition) is 4. The normalized spacial score (nSPS) is 15.8. The lowest BCUT2D eigenvalue weighted by Gasteiger charge is -2.24. The molecule has 1 atom stereocenters. The minimum absolute atomic E-state index is 0.353. The molecule has 0 aliphatic heterocycles. The van der Waals surface area contributed by atoms with Crippen molar-refractivity contribution in [3.8, 4) is 0 Å². The SMILES string of the molecule is C=C[C@@](C)(C/C=C/C(C)(C)OO)OC(C)=O. The van der Waals surface area contributed by atoms with Crippen molar-refractivity contribution >= 4 is 5.97 Å². The standard InChI is InChI=1S/C12H20O4/c1-6-12(5,15-10(2)13)9-7-8-11(3,4)16-14/h6-8,14H,1,9H2,2-5H3/b8-7+/t12-/m0/s1. The van der Waals surface area contributed by atoms with Crippen LogP contribution < -0.4 is 0 Å². The lowest BCUT2D eigenvalue weighted by molar-refractivity contribution is -0.297. The third kappa shape index (κ3) is 5.68. The van der Waals surface area contributed by atoms with Gasteiger partial charge in [0.2, 0.25) is 0 Å². The van der Waals surface area contributed by atoms with Crippen LogP contribution in [0.25, 0.3) is 0 Å². The molecule has 0 aromatic carbocycles.